The number of carbonyl (C=O) groups is 3. The molecule has 27 heavy (non-hydrogen) atoms. The first-order chi connectivity index (χ1) is 12.9. The maximum Gasteiger partial charge on any atom is 0.344 e. The van der Waals surface area contributed by atoms with Crippen molar-refractivity contribution < 1.29 is 14.4 Å². The smallest absolute Gasteiger partial charge is 0.322 e. The van der Waals surface area contributed by atoms with Crippen LogP contribution >= 0.6 is 0 Å². The molecule has 7 heteroatoms. The molecule has 3 rings (SSSR count). The van der Waals surface area contributed by atoms with Crippen molar-refractivity contribution in [2.24, 2.45) is 5.92 Å². The van der Waals surface area contributed by atoms with Crippen LogP contribution in [0, 0.1) is 5.92 Å². The van der Waals surface area contributed by atoms with Gasteiger partial charge in [0.05, 0.1) is 6.54 Å². The predicted octanol–water partition coefficient (Wildman–Crippen LogP) is 2.26. The summed E-state index contributed by atoms with van der Waals surface area (Å²) in [5.74, 6) is -0.473. The number of carbonyl (C=O) groups excluding carboxylic acids is 3. The molecule has 1 aliphatic heterocycles. The zero-order chi connectivity index (χ0) is 19.4. The van der Waals surface area contributed by atoms with Crippen molar-refractivity contribution in [1.82, 2.24) is 21.1 Å². The summed E-state index contributed by atoms with van der Waals surface area (Å²) in [5.41, 5.74) is 2.73. The van der Waals surface area contributed by atoms with Gasteiger partial charge in [0.25, 0.3) is 11.8 Å². The van der Waals surface area contributed by atoms with Gasteiger partial charge in [0.15, 0.2) is 0 Å². The molecule has 0 bridgehead atoms. The van der Waals surface area contributed by atoms with Gasteiger partial charge in [-0.3, -0.25) is 15.0 Å². The quantitative estimate of drug-likeness (QED) is 0.668. The normalized spacial score (nSPS) is 20.0. The van der Waals surface area contributed by atoms with E-state index in [1.165, 1.54) is 0 Å². The second-order valence-corrected chi connectivity index (χ2v) is 7.76. The number of amides is 4. The van der Waals surface area contributed by atoms with Crippen molar-refractivity contribution in [3.05, 3.63) is 35.9 Å². The van der Waals surface area contributed by atoms with Crippen molar-refractivity contribution in [2.45, 2.75) is 57.5 Å². The standard InChI is InChI=1S/C20H28N4O3/c1-14(2)17(15-9-5-3-6-10-15)21-13-16(25)23-24-18(26)20(22-19(24)27)11-7-4-8-12-20/h3,5-6,9-10,14,17,21H,4,7-8,11-13H2,1-2H3,(H,22,27)(H,23,25)/t17-/m0/s1. The minimum absolute atomic E-state index is 0.00439. The van der Waals surface area contributed by atoms with Gasteiger partial charge in [0, 0.05) is 6.04 Å². The topological polar surface area (TPSA) is 90.5 Å². The highest BCUT2D eigenvalue weighted by atomic mass is 16.2. The molecule has 7 nitrogen and oxygen atoms in total. The average Bonchev–Trinajstić information content (AvgIpc) is 2.87. The van der Waals surface area contributed by atoms with Crippen LogP contribution in [0.15, 0.2) is 30.3 Å². The molecule has 1 aromatic carbocycles. The van der Waals surface area contributed by atoms with Gasteiger partial charge in [-0.05, 0) is 24.3 Å². The lowest BCUT2D eigenvalue weighted by atomic mass is 9.82. The van der Waals surface area contributed by atoms with E-state index in [9.17, 15) is 14.4 Å². The number of hydrogen-bond acceptors (Lipinski definition) is 4. The molecule has 146 valence electrons. The highest BCUT2D eigenvalue weighted by Crippen LogP contribution is 2.33. The number of hydrazine groups is 1. The molecule has 3 N–H and O–H groups in total. The number of nitrogens with one attached hydrogen (secondary N) is 3. The molecule has 1 spiro atoms. The van der Waals surface area contributed by atoms with E-state index < -0.39 is 17.5 Å². The molecule has 0 radical (unpaired) electrons. The Morgan fingerprint density at radius 1 is 1.15 bits per heavy atom. The first-order valence-electron chi connectivity index (χ1n) is 9.67. The molecule has 1 aromatic rings. The maximum atomic E-state index is 12.7. The van der Waals surface area contributed by atoms with Crippen LogP contribution < -0.4 is 16.1 Å². The van der Waals surface area contributed by atoms with Crippen molar-refractivity contribution in [1.29, 1.82) is 0 Å². The molecule has 1 saturated carbocycles. The van der Waals surface area contributed by atoms with Crippen LogP contribution in [-0.4, -0.2) is 34.9 Å². The zero-order valence-electron chi connectivity index (χ0n) is 16.0. The van der Waals surface area contributed by atoms with Crippen LogP contribution in [0.4, 0.5) is 4.79 Å². The summed E-state index contributed by atoms with van der Waals surface area (Å²) >= 11 is 0. The largest absolute Gasteiger partial charge is 0.344 e. The van der Waals surface area contributed by atoms with Crippen molar-refractivity contribution in [3.63, 3.8) is 0 Å². The number of rotatable bonds is 6. The SMILES string of the molecule is CC(C)[C@H](NCC(=O)NN1C(=O)NC2(CCCCC2)C1=O)c1ccccc1. The van der Waals surface area contributed by atoms with Crippen LogP contribution in [0.25, 0.3) is 0 Å². The van der Waals surface area contributed by atoms with Gasteiger partial charge in [0.1, 0.15) is 5.54 Å². The van der Waals surface area contributed by atoms with E-state index in [2.05, 4.69) is 29.9 Å². The molecule has 0 aromatic heterocycles. The van der Waals surface area contributed by atoms with E-state index in [1.807, 2.05) is 30.3 Å². The van der Waals surface area contributed by atoms with E-state index >= 15 is 0 Å². The minimum Gasteiger partial charge on any atom is -0.322 e. The van der Waals surface area contributed by atoms with Crippen molar-refractivity contribution >= 4 is 17.8 Å². The Kier molecular flexibility index (Phi) is 5.79. The minimum atomic E-state index is -0.833. The summed E-state index contributed by atoms with van der Waals surface area (Å²) in [7, 11) is 0. The van der Waals surface area contributed by atoms with Gasteiger partial charge in [-0.25, -0.2) is 4.79 Å². The summed E-state index contributed by atoms with van der Waals surface area (Å²) in [6.45, 7) is 4.17. The lowest BCUT2D eigenvalue weighted by Crippen LogP contribution is -2.52. The molecule has 2 fully saturated rings. The Hall–Kier alpha value is -2.41. The third-order valence-electron chi connectivity index (χ3n) is 5.41. The number of hydrogen-bond donors (Lipinski definition) is 3. The molecule has 4 amide bonds. The maximum absolute atomic E-state index is 12.7. The summed E-state index contributed by atoms with van der Waals surface area (Å²) in [5, 5.41) is 6.86. The van der Waals surface area contributed by atoms with Gasteiger partial charge in [-0.2, -0.15) is 5.01 Å². The van der Waals surface area contributed by atoms with Crippen molar-refractivity contribution in [2.75, 3.05) is 6.54 Å². The van der Waals surface area contributed by atoms with Crippen LogP contribution in [0.3, 0.4) is 0 Å². The molecule has 1 saturated heterocycles. The number of imide groups is 1. The summed E-state index contributed by atoms with van der Waals surface area (Å²) < 4.78 is 0. The van der Waals surface area contributed by atoms with Gasteiger partial charge >= 0.3 is 6.03 Å². The Balaban J connectivity index is 1.59. The number of benzene rings is 1. The number of nitrogens with zero attached hydrogens (tertiary/aromatic N) is 1. The van der Waals surface area contributed by atoms with Gasteiger partial charge in [-0.1, -0.05) is 63.4 Å². The fourth-order valence-corrected chi connectivity index (χ4v) is 3.98. The third-order valence-corrected chi connectivity index (χ3v) is 5.41. The molecule has 2 aliphatic rings. The molecular formula is C20H28N4O3. The molecular weight excluding hydrogens is 344 g/mol. The van der Waals surface area contributed by atoms with Gasteiger partial charge in [-0.15, -0.1) is 0 Å². The van der Waals surface area contributed by atoms with Gasteiger partial charge in [0.2, 0.25) is 0 Å². The molecule has 1 aliphatic carbocycles. The highest BCUT2D eigenvalue weighted by Gasteiger charge is 2.52. The second-order valence-electron chi connectivity index (χ2n) is 7.76. The van der Waals surface area contributed by atoms with E-state index in [1.54, 1.807) is 0 Å². The lowest BCUT2D eigenvalue weighted by Gasteiger charge is -2.30. The van der Waals surface area contributed by atoms with Crippen molar-refractivity contribution in [3.8, 4) is 0 Å². The number of urea groups is 1. The lowest BCUT2D eigenvalue weighted by molar-refractivity contribution is -0.139. The van der Waals surface area contributed by atoms with Crippen LogP contribution in [0.5, 0.6) is 0 Å². The Morgan fingerprint density at radius 2 is 1.81 bits per heavy atom. The first kappa shape index (κ1) is 19.4. The van der Waals surface area contributed by atoms with E-state index in [-0.39, 0.29) is 24.4 Å². The third kappa shape index (κ3) is 4.13. The van der Waals surface area contributed by atoms with E-state index in [4.69, 9.17) is 0 Å². The van der Waals surface area contributed by atoms with E-state index in [0.29, 0.717) is 12.8 Å². The molecule has 0 unspecified atom stereocenters. The first-order valence-corrected chi connectivity index (χ1v) is 9.67. The van der Waals surface area contributed by atoms with Crippen LogP contribution in [0.2, 0.25) is 0 Å². The Bertz CT molecular complexity index is 698. The highest BCUT2D eigenvalue weighted by molar-refractivity contribution is 6.08. The summed E-state index contributed by atoms with van der Waals surface area (Å²) in [6.07, 6.45) is 4.14. The molecule has 1 atom stereocenters. The fraction of sp³-hybridized carbons (Fsp3) is 0.550. The fourth-order valence-electron chi connectivity index (χ4n) is 3.98. The predicted molar refractivity (Wildman–Crippen MR) is 101 cm³/mol. The second kappa shape index (κ2) is 8.08. The van der Waals surface area contributed by atoms with Crippen LogP contribution in [0.1, 0.15) is 57.6 Å². The monoisotopic (exact) mass is 372 g/mol. The Morgan fingerprint density at radius 3 is 2.44 bits per heavy atom. The summed E-state index contributed by atoms with van der Waals surface area (Å²) in [6, 6.07) is 9.36. The molecule has 1 heterocycles. The zero-order valence-corrected chi connectivity index (χ0v) is 16.0. The average molecular weight is 372 g/mol. The summed E-state index contributed by atoms with van der Waals surface area (Å²) in [4.78, 5) is 37.3. The van der Waals surface area contributed by atoms with Crippen LogP contribution in [-0.2, 0) is 9.59 Å². The van der Waals surface area contributed by atoms with Gasteiger partial charge < -0.3 is 10.6 Å². The van der Waals surface area contributed by atoms with E-state index in [0.717, 1.165) is 29.8 Å². The Labute approximate surface area is 159 Å².